The van der Waals surface area contributed by atoms with E-state index in [0.717, 1.165) is 0 Å². The molecule has 1 aromatic heterocycles. The van der Waals surface area contributed by atoms with Gasteiger partial charge in [-0.3, -0.25) is 4.79 Å². The van der Waals surface area contributed by atoms with Crippen molar-refractivity contribution in [2.24, 2.45) is 5.92 Å². The van der Waals surface area contributed by atoms with Crippen LogP contribution in [0.2, 0.25) is 0 Å². The Morgan fingerprint density at radius 3 is 2.84 bits per heavy atom. The minimum Gasteiger partial charge on any atom is -0.380 e. The van der Waals surface area contributed by atoms with Crippen molar-refractivity contribution in [1.29, 1.82) is 0 Å². The number of rotatable bonds is 4. The standard InChI is InChI=1S/C18H20FN3O3/c1-10-20-17(25-21-10)16-7-11(24-2)9-22(16)18(23)14-8-13(14)12-5-3-4-6-15(12)19/h3-6,11,13-14,16H,7-9H2,1-2H3/t11-,13+,14-,16+/m0/s1. The van der Waals surface area contributed by atoms with E-state index in [4.69, 9.17) is 9.26 Å². The van der Waals surface area contributed by atoms with Crippen LogP contribution in [0.5, 0.6) is 0 Å². The molecule has 1 saturated carbocycles. The molecule has 25 heavy (non-hydrogen) atoms. The van der Waals surface area contributed by atoms with Crippen molar-refractivity contribution in [2.75, 3.05) is 13.7 Å². The number of methoxy groups -OCH3 is 1. The summed E-state index contributed by atoms with van der Waals surface area (Å²) in [6, 6.07) is 6.39. The van der Waals surface area contributed by atoms with Crippen LogP contribution in [-0.2, 0) is 9.53 Å². The molecule has 1 saturated heterocycles. The van der Waals surface area contributed by atoms with Crippen LogP contribution in [0, 0.1) is 18.7 Å². The van der Waals surface area contributed by atoms with Gasteiger partial charge < -0.3 is 14.2 Å². The lowest BCUT2D eigenvalue weighted by atomic mass is 10.1. The number of halogens is 1. The molecule has 2 heterocycles. The van der Waals surface area contributed by atoms with Crippen LogP contribution in [0.3, 0.4) is 0 Å². The Labute approximate surface area is 145 Å². The molecule has 1 aliphatic carbocycles. The van der Waals surface area contributed by atoms with E-state index in [0.29, 0.717) is 36.7 Å². The molecule has 2 fully saturated rings. The first-order chi connectivity index (χ1) is 12.1. The van der Waals surface area contributed by atoms with Gasteiger partial charge in [0.1, 0.15) is 11.9 Å². The summed E-state index contributed by atoms with van der Waals surface area (Å²) in [6.07, 6.45) is 1.23. The summed E-state index contributed by atoms with van der Waals surface area (Å²) in [5.74, 6) is 0.489. The van der Waals surface area contributed by atoms with E-state index in [1.807, 2.05) is 0 Å². The summed E-state index contributed by atoms with van der Waals surface area (Å²) in [5.41, 5.74) is 0.619. The maximum Gasteiger partial charge on any atom is 0.249 e. The number of amides is 1. The quantitative estimate of drug-likeness (QED) is 0.852. The first kappa shape index (κ1) is 16.2. The third-order valence-electron chi connectivity index (χ3n) is 5.12. The van der Waals surface area contributed by atoms with E-state index in [-0.39, 0.29) is 35.7 Å². The average Bonchev–Trinajstić information content (AvgIpc) is 3.08. The van der Waals surface area contributed by atoms with Crippen LogP contribution >= 0.6 is 0 Å². The Morgan fingerprint density at radius 2 is 2.16 bits per heavy atom. The Hall–Kier alpha value is -2.28. The van der Waals surface area contributed by atoms with Gasteiger partial charge in [-0.25, -0.2) is 4.39 Å². The van der Waals surface area contributed by atoms with E-state index in [1.165, 1.54) is 6.07 Å². The van der Waals surface area contributed by atoms with Crippen LogP contribution in [0.25, 0.3) is 0 Å². The second-order valence-corrected chi connectivity index (χ2v) is 6.75. The summed E-state index contributed by atoms with van der Waals surface area (Å²) in [6.45, 7) is 2.24. The van der Waals surface area contributed by atoms with Crippen molar-refractivity contribution < 1.29 is 18.4 Å². The minimum atomic E-state index is -0.277. The first-order valence-corrected chi connectivity index (χ1v) is 8.46. The van der Waals surface area contributed by atoms with Crippen molar-refractivity contribution >= 4 is 5.91 Å². The zero-order chi connectivity index (χ0) is 17.6. The van der Waals surface area contributed by atoms with Crippen molar-refractivity contribution in [2.45, 2.75) is 37.8 Å². The zero-order valence-electron chi connectivity index (χ0n) is 14.2. The summed E-state index contributed by atoms with van der Waals surface area (Å²) in [4.78, 5) is 19.0. The number of carbonyl (C=O) groups excluding carboxylic acids is 1. The Balaban J connectivity index is 1.53. The van der Waals surface area contributed by atoms with Gasteiger partial charge in [-0.15, -0.1) is 0 Å². The minimum absolute atomic E-state index is 0.00801. The van der Waals surface area contributed by atoms with Gasteiger partial charge in [-0.2, -0.15) is 4.98 Å². The molecular formula is C18H20FN3O3. The number of nitrogens with zero attached hydrogens (tertiary/aromatic N) is 3. The van der Waals surface area contributed by atoms with Crippen molar-refractivity contribution in [3.63, 3.8) is 0 Å². The second kappa shape index (κ2) is 6.22. The van der Waals surface area contributed by atoms with E-state index < -0.39 is 0 Å². The summed E-state index contributed by atoms with van der Waals surface area (Å²) < 4.78 is 24.7. The lowest BCUT2D eigenvalue weighted by Crippen LogP contribution is -2.33. The zero-order valence-corrected chi connectivity index (χ0v) is 14.2. The van der Waals surface area contributed by atoms with Gasteiger partial charge in [0.2, 0.25) is 11.8 Å². The highest BCUT2D eigenvalue weighted by Gasteiger charge is 2.50. The number of ether oxygens (including phenoxy) is 1. The largest absolute Gasteiger partial charge is 0.380 e. The van der Waals surface area contributed by atoms with Crippen molar-refractivity contribution in [1.82, 2.24) is 15.0 Å². The van der Waals surface area contributed by atoms with Crippen LogP contribution in [-0.4, -0.2) is 40.7 Å². The Kier molecular flexibility index (Phi) is 4.03. The maximum absolute atomic E-state index is 14.0. The number of aryl methyl sites for hydroxylation is 1. The van der Waals surface area contributed by atoms with Gasteiger partial charge in [0.25, 0.3) is 0 Å². The molecule has 7 heteroatoms. The predicted octanol–water partition coefficient (Wildman–Crippen LogP) is 2.61. The number of benzene rings is 1. The van der Waals surface area contributed by atoms with Gasteiger partial charge in [0, 0.05) is 26.0 Å². The SMILES string of the molecule is CO[C@H]1C[C@H](c2nc(C)no2)N(C(=O)[C@H]2C[C@@H]2c2ccccc2F)C1. The highest BCUT2D eigenvalue weighted by atomic mass is 19.1. The molecule has 4 rings (SSSR count). The maximum atomic E-state index is 14.0. The number of hydrogen-bond acceptors (Lipinski definition) is 5. The summed E-state index contributed by atoms with van der Waals surface area (Å²) in [5, 5.41) is 3.83. The predicted molar refractivity (Wildman–Crippen MR) is 86.2 cm³/mol. The number of hydrogen-bond donors (Lipinski definition) is 0. The van der Waals surface area contributed by atoms with E-state index in [9.17, 15) is 9.18 Å². The molecule has 6 nitrogen and oxygen atoms in total. The van der Waals surface area contributed by atoms with Gasteiger partial charge in [0.05, 0.1) is 6.10 Å². The van der Waals surface area contributed by atoms with Gasteiger partial charge in [-0.1, -0.05) is 23.4 Å². The Morgan fingerprint density at radius 1 is 1.36 bits per heavy atom. The average molecular weight is 345 g/mol. The molecule has 2 aromatic rings. The van der Waals surface area contributed by atoms with Crippen LogP contribution < -0.4 is 0 Å². The molecule has 0 radical (unpaired) electrons. The smallest absolute Gasteiger partial charge is 0.249 e. The van der Waals surface area contributed by atoms with Crippen molar-refractivity contribution in [3.05, 3.63) is 47.4 Å². The molecule has 0 spiro atoms. The molecule has 0 bridgehead atoms. The van der Waals surface area contributed by atoms with Gasteiger partial charge >= 0.3 is 0 Å². The number of likely N-dealkylation sites (tertiary alicyclic amines) is 1. The van der Waals surface area contributed by atoms with Crippen molar-refractivity contribution in [3.8, 4) is 0 Å². The molecule has 1 aliphatic heterocycles. The molecular weight excluding hydrogens is 325 g/mol. The van der Waals surface area contributed by atoms with E-state index in [1.54, 1.807) is 37.1 Å². The van der Waals surface area contributed by atoms with Crippen LogP contribution in [0.4, 0.5) is 4.39 Å². The molecule has 0 unspecified atom stereocenters. The lowest BCUT2D eigenvalue weighted by Gasteiger charge is -2.22. The third-order valence-corrected chi connectivity index (χ3v) is 5.12. The number of aromatic nitrogens is 2. The summed E-state index contributed by atoms with van der Waals surface area (Å²) in [7, 11) is 1.63. The van der Waals surface area contributed by atoms with Gasteiger partial charge in [0.15, 0.2) is 5.82 Å². The van der Waals surface area contributed by atoms with Crippen LogP contribution in [0.1, 0.15) is 42.1 Å². The molecule has 132 valence electrons. The second-order valence-electron chi connectivity index (χ2n) is 6.75. The molecule has 0 N–H and O–H groups in total. The fourth-order valence-corrected chi connectivity index (χ4v) is 3.69. The Bertz CT molecular complexity index is 793. The monoisotopic (exact) mass is 345 g/mol. The van der Waals surface area contributed by atoms with E-state index in [2.05, 4.69) is 10.1 Å². The number of carbonyl (C=O) groups is 1. The molecule has 1 amide bonds. The highest BCUT2D eigenvalue weighted by Crippen LogP contribution is 2.50. The van der Waals surface area contributed by atoms with E-state index >= 15 is 0 Å². The molecule has 1 aromatic carbocycles. The lowest BCUT2D eigenvalue weighted by molar-refractivity contribution is -0.134. The fraction of sp³-hybridized carbons (Fsp3) is 0.500. The third kappa shape index (κ3) is 2.93. The van der Waals surface area contributed by atoms with Gasteiger partial charge in [-0.05, 0) is 30.9 Å². The summed E-state index contributed by atoms with van der Waals surface area (Å²) >= 11 is 0. The van der Waals surface area contributed by atoms with Crippen LogP contribution in [0.15, 0.2) is 28.8 Å². The fourth-order valence-electron chi connectivity index (χ4n) is 3.69. The normalized spacial score (nSPS) is 28.4. The first-order valence-electron chi connectivity index (χ1n) is 8.46. The highest BCUT2D eigenvalue weighted by molar-refractivity contribution is 5.83. The molecule has 2 aliphatic rings. The molecule has 4 atom stereocenters. The topological polar surface area (TPSA) is 68.5 Å².